The maximum atomic E-state index is 12.8. The van der Waals surface area contributed by atoms with Crippen LogP contribution in [0, 0.1) is 0 Å². The quantitative estimate of drug-likeness (QED) is 0.628. The Balaban J connectivity index is 2.64. The Bertz CT molecular complexity index is 776. The highest BCUT2D eigenvalue weighted by Crippen LogP contribution is 2.13. The average Bonchev–Trinajstić information content (AvgIpc) is 2.50. The molecule has 0 spiro atoms. The minimum Gasteiger partial charge on any atom is -0.399 e. The average molecular weight is 304 g/mol. The highest BCUT2D eigenvalue weighted by atomic mass is 16.2. The molecule has 1 heterocycles. The Labute approximate surface area is 129 Å². The second-order valence-corrected chi connectivity index (χ2v) is 5.54. The molecule has 4 N–H and O–H groups in total. The van der Waals surface area contributed by atoms with Gasteiger partial charge in [0.1, 0.15) is 6.17 Å². The fourth-order valence-corrected chi connectivity index (χ4v) is 2.75. The maximum absolute atomic E-state index is 12.8. The van der Waals surface area contributed by atoms with Crippen LogP contribution in [0.1, 0.15) is 45.7 Å². The van der Waals surface area contributed by atoms with Gasteiger partial charge in [-0.05, 0) is 38.0 Å². The zero-order chi connectivity index (χ0) is 16.3. The molecule has 0 bridgehead atoms. The van der Waals surface area contributed by atoms with E-state index in [0.29, 0.717) is 29.4 Å². The molecule has 2 rings (SSSR count). The van der Waals surface area contributed by atoms with Gasteiger partial charge in [-0.25, -0.2) is 9.36 Å². The lowest BCUT2D eigenvalue weighted by Gasteiger charge is -2.21. The molecular weight excluding hydrogens is 280 g/mol. The topological polar surface area (TPSA) is 96.0 Å². The SMILES string of the molecule is CCCCCC(N)n1c(=O)c2cc(N)ccc2c(=O)n1CC. The van der Waals surface area contributed by atoms with Crippen LogP contribution < -0.4 is 22.6 Å². The van der Waals surface area contributed by atoms with Crippen LogP contribution in [-0.4, -0.2) is 9.36 Å². The van der Waals surface area contributed by atoms with Crippen LogP contribution in [0.4, 0.5) is 5.69 Å². The second kappa shape index (κ2) is 6.79. The molecule has 1 aromatic heterocycles. The molecule has 0 amide bonds. The first-order valence-corrected chi connectivity index (χ1v) is 7.81. The van der Waals surface area contributed by atoms with Crippen molar-refractivity contribution in [3.05, 3.63) is 38.9 Å². The van der Waals surface area contributed by atoms with Gasteiger partial charge in [-0.3, -0.25) is 9.59 Å². The number of unbranched alkanes of at least 4 members (excludes halogenated alkanes) is 2. The predicted octanol–water partition coefficient (Wildman–Crippen LogP) is 1.80. The first-order chi connectivity index (χ1) is 10.5. The smallest absolute Gasteiger partial charge is 0.274 e. The minimum atomic E-state index is -0.502. The summed E-state index contributed by atoms with van der Waals surface area (Å²) in [4.78, 5) is 25.3. The summed E-state index contributed by atoms with van der Waals surface area (Å²) >= 11 is 0. The summed E-state index contributed by atoms with van der Waals surface area (Å²) in [6, 6.07) is 4.79. The Morgan fingerprint density at radius 1 is 1.09 bits per heavy atom. The van der Waals surface area contributed by atoms with E-state index in [1.54, 1.807) is 18.2 Å². The molecule has 0 aliphatic carbocycles. The summed E-state index contributed by atoms with van der Waals surface area (Å²) in [5, 5.41) is 0.721. The summed E-state index contributed by atoms with van der Waals surface area (Å²) in [6.07, 6.45) is 3.23. The van der Waals surface area contributed by atoms with Gasteiger partial charge in [0, 0.05) is 12.2 Å². The van der Waals surface area contributed by atoms with Gasteiger partial charge in [0.2, 0.25) is 0 Å². The second-order valence-electron chi connectivity index (χ2n) is 5.54. The van der Waals surface area contributed by atoms with Gasteiger partial charge in [0.05, 0.1) is 10.8 Å². The first kappa shape index (κ1) is 16.3. The van der Waals surface area contributed by atoms with E-state index in [1.165, 1.54) is 9.36 Å². The van der Waals surface area contributed by atoms with E-state index in [4.69, 9.17) is 11.5 Å². The van der Waals surface area contributed by atoms with E-state index in [-0.39, 0.29) is 11.1 Å². The van der Waals surface area contributed by atoms with Crippen LogP contribution in [0.15, 0.2) is 27.8 Å². The molecule has 120 valence electrons. The standard InChI is InChI=1S/C16H24N4O2/c1-3-5-6-7-14(18)20-16(22)13-10-11(17)8-9-12(13)15(21)19(20)4-2/h8-10,14H,3-7,17-18H2,1-2H3. The Morgan fingerprint density at radius 3 is 2.45 bits per heavy atom. The molecule has 0 radical (unpaired) electrons. The molecule has 0 aliphatic heterocycles. The number of nitrogen functional groups attached to an aromatic ring is 1. The van der Waals surface area contributed by atoms with Crippen LogP contribution in [0.3, 0.4) is 0 Å². The van der Waals surface area contributed by atoms with Crippen molar-refractivity contribution in [3.63, 3.8) is 0 Å². The lowest BCUT2D eigenvalue weighted by atomic mass is 10.1. The zero-order valence-corrected chi connectivity index (χ0v) is 13.2. The van der Waals surface area contributed by atoms with Gasteiger partial charge < -0.3 is 11.5 Å². The molecule has 6 heteroatoms. The predicted molar refractivity (Wildman–Crippen MR) is 89.9 cm³/mol. The van der Waals surface area contributed by atoms with E-state index in [9.17, 15) is 9.59 Å². The van der Waals surface area contributed by atoms with Crippen molar-refractivity contribution < 1.29 is 0 Å². The Kier molecular flexibility index (Phi) is 5.03. The van der Waals surface area contributed by atoms with Crippen molar-refractivity contribution in [1.82, 2.24) is 9.36 Å². The molecule has 0 saturated heterocycles. The fraction of sp³-hybridized carbons (Fsp3) is 0.500. The van der Waals surface area contributed by atoms with Crippen LogP contribution in [-0.2, 0) is 6.54 Å². The van der Waals surface area contributed by atoms with Crippen LogP contribution >= 0.6 is 0 Å². The first-order valence-electron chi connectivity index (χ1n) is 7.81. The molecular formula is C16H24N4O2. The lowest BCUT2D eigenvalue weighted by molar-refractivity contribution is 0.332. The summed E-state index contributed by atoms with van der Waals surface area (Å²) < 4.78 is 2.82. The lowest BCUT2D eigenvalue weighted by Crippen LogP contribution is -2.43. The number of hydrogen-bond donors (Lipinski definition) is 2. The van der Waals surface area contributed by atoms with Crippen molar-refractivity contribution in [2.45, 2.75) is 52.2 Å². The molecule has 2 aromatic rings. The van der Waals surface area contributed by atoms with Gasteiger partial charge in [-0.1, -0.05) is 19.8 Å². The van der Waals surface area contributed by atoms with Crippen LogP contribution in [0.25, 0.3) is 10.8 Å². The summed E-state index contributed by atoms with van der Waals surface area (Å²) in [6.45, 7) is 4.34. The third-order valence-corrected chi connectivity index (χ3v) is 3.92. The van der Waals surface area contributed by atoms with Crippen LogP contribution in [0.5, 0.6) is 0 Å². The van der Waals surface area contributed by atoms with E-state index in [1.807, 2.05) is 6.92 Å². The molecule has 0 fully saturated rings. The molecule has 0 saturated carbocycles. The summed E-state index contributed by atoms with van der Waals surface area (Å²) in [5.41, 5.74) is 11.9. The van der Waals surface area contributed by atoms with Crippen molar-refractivity contribution >= 4 is 16.5 Å². The van der Waals surface area contributed by atoms with Gasteiger partial charge in [0.15, 0.2) is 0 Å². The largest absolute Gasteiger partial charge is 0.399 e. The number of fused-ring (bicyclic) bond motifs is 1. The minimum absolute atomic E-state index is 0.206. The van der Waals surface area contributed by atoms with Crippen LogP contribution in [0.2, 0.25) is 0 Å². The number of benzene rings is 1. The number of aromatic nitrogens is 2. The van der Waals surface area contributed by atoms with Gasteiger partial charge >= 0.3 is 0 Å². The molecule has 1 atom stereocenters. The number of hydrogen-bond acceptors (Lipinski definition) is 4. The van der Waals surface area contributed by atoms with Crippen molar-refractivity contribution in [2.24, 2.45) is 5.73 Å². The Morgan fingerprint density at radius 2 is 1.82 bits per heavy atom. The van der Waals surface area contributed by atoms with Gasteiger partial charge in [-0.15, -0.1) is 0 Å². The van der Waals surface area contributed by atoms with Crippen molar-refractivity contribution in [2.75, 3.05) is 5.73 Å². The van der Waals surface area contributed by atoms with E-state index in [0.717, 1.165) is 19.3 Å². The molecule has 6 nitrogen and oxygen atoms in total. The van der Waals surface area contributed by atoms with Crippen molar-refractivity contribution in [3.8, 4) is 0 Å². The third-order valence-electron chi connectivity index (χ3n) is 3.92. The number of rotatable bonds is 6. The number of nitrogens with two attached hydrogens (primary N) is 2. The number of nitrogens with zero attached hydrogens (tertiary/aromatic N) is 2. The highest BCUT2D eigenvalue weighted by Gasteiger charge is 2.16. The van der Waals surface area contributed by atoms with Gasteiger partial charge in [-0.2, -0.15) is 0 Å². The zero-order valence-electron chi connectivity index (χ0n) is 13.2. The third kappa shape index (κ3) is 2.92. The van der Waals surface area contributed by atoms with E-state index >= 15 is 0 Å². The maximum Gasteiger partial charge on any atom is 0.274 e. The molecule has 1 aromatic carbocycles. The summed E-state index contributed by atoms with van der Waals surface area (Å²) in [5.74, 6) is 0. The molecule has 0 aliphatic rings. The Hall–Kier alpha value is -2.08. The normalized spacial score (nSPS) is 12.7. The van der Waals surface area contributed by atoms with Gasteiger partial charge in [0.25, 0.3) is 11.1 Å². The highest BCUT2D eigenvalue weighted by molar-refractivity contribution is 5.83. The molecule has 1 unspecified atom stereocenters. The monoisotopic (exact) mass is 304 g/mol. The number of anilines is 1. The molecule has 22 heavy (non-hydrogen) atoms. The van der Waals surface area contributed by atoms with Crippen molar-refractivity contribution in [1.29, 1.82) is 0 Å². The van der Waals surface area contributed by atoms with E-state index in [2.05, 4.69) is 6.92 Å². The summed E-state index contributed by atoms with van der Waals surface area (Å²) in [7, 11) is 0. The fourth-order valence-electron chi connectivity index (χ4n) is 2.75. The van der Waals surface area contributed by atoms with E-state index < -0.39 is 6.17 Å².